The normalized spacial score (nSPS) is 10.9. The van der Waals surface area contributed by atoms with Gasteiger partial charge in [0, 0.05) is 17.1 Å². The van der Waals surface area contributed by atoms with Gasteiger partial charge in [-0.15, -0.1) is 0 Å². The van der Waals surface area contributed by atoms with Crippen LogP contribution in [0.2, 0.25) is 5.02 Å². The summed E-state index contributed by atoms with van der Waals surface area (Å²) in [7, 11) is 0. The van der Waals surface area contributed by atoms with Gasteiger partial charge < -0.3 is 0 Å². The molecule has 2 aromatic rings. The van der Waals surface area contributed by atoms with Gasteiger partial charge in [-0.3, -0.25) is 5.10 Å². The number of halogens is 2. The predicted octanol–water partition coefficient (Wildman–Crippen LogP) is 2.66. The summed E-state index contributed by atoms with van der Waals surface area (Å²) in [6, 6.07) is 2.90. The Balaban J connectivity index is 2.87. The van der Waals surface area contributed by atoms with E-state index in [9.17, 15) is 4.39 Å². The Bertz CT molecular complexity index is 436. The Labute approximate surface area is 73.3 Å². The molecule has 62 valence electrons. The molecule has 2 nitrogen and oxygen atoms in total. The minimum Gasteiger partial charge on any atom is -0.282 e. The molecular weight excluding hydrogens is 179 g/mol. The highest BCUT2D eigenvalue weighted by Crippen LogP contribution is 2.22. The number of hydrogen-bond acceptors (Lipinski definition) is 1. The van der Waals surface area contributed by atoms with Crippen LogP contribution in [0.15, 0.2) is 12.1 Å². The Morgan fingerprint density at radius 2 is 2.25 bits per heavy atom. The molecule has 2 rings (SSSR count). The van der Waals surface area contributed by atoms with Gasteiger partial charge in [0.15, 0.2) is 0 Å². The highest BCUT2D eigenvalue weighted by Gasteiger charge is 2.06. The number of rotatable bonds is 0. The highest BCUT2D eigenvalue weighted by molar-refractivity contribution is 6.31. The third kappa shape index (κ3) is 0.975. The number of aromatic amines is 1. The van der Waals surface area contributed by atoms with Gasteiger partial charge in [0.25, 0.3) is 0 Å². The predicted molar refractivity (Wildman–Crippen MR) is 45.8 cm³/mol. The third-order valence-corrected chi connectivity index (χ3v) is 2.08. The van der Waals surface area contributed by atoms with E-state index in [4.69, 9.17) is 11.6 Å². The van der Waals surface area contributed by atoms with E-state index in [2.05, 4.69) is 10.2 Å². The Morgan fingerprint density at radius 3 is 3.00 bits per heavy atom. The van der Waals surface area contributed by atoms with E-state index < -0.39 is 5.82 Å². The van der Waals surface area contributed by atoms with Crippen molar-refractivity contribution in [1.82, 2.24) is 10.2 Å². The molecule has 1 heterocycles. The maximum Gasteiger partial charge on any atom is 0.144 e. The number of aromatic nitrogens is 2. The topological polar surface area (TPSA) is 28.7 Å². The van der Waals surface area contributed by atoms with Gasteiger partial charge >= 0.3 is 0 Å². The highest BCUT2D eigenvalue weighted by atomic mass is 35.5. The number of fused-ring (bicyclic) bond motifs is 1. The first kappa shape index (κ1) is 7.55. The van der Waals surface area contributed by atoms with Crippen LogP contribution >= 0.6 is 11.6 Å². The second-order valence-electron chi connectivity index (χ2n) is 2.63. The smallest absolute Gasteiger partial charge is 0.144 e. The zero-order valence-corrected chi connectivity index (χ0v) is 7.11. The van der Waals surface area contributed by atoms with E-state index >= 15 is 0 Å². The number of H-pyrrole nitrogens is 1. The van der Waals surface area contributed by atoms with E-state index in [0.717, 1.165) is 11.1 Å². The molecule has 0 atom stereocenters. The SMILES string of the molecule is Cc1[nH]nc2cc(F)c(Cl)cc12. The Hall–Kier alpha value is -1.09. The molecule has 1 N–H and O–H groups in total. The van der Waals surface area contributed by atoms with Crippen molar-refractivity contribution in [3.63, 3.8) is 0 Å². The van der Waals surface area contributed by atoms with Crippen molar-refractivity contribution in [3.8, 4) is 0 Å². The van der Waals surface area contributed by atoms with Crippen molar-refractivity contribution in [2.75, 3.05) is 0 Å². The summed E-state index contributed by atoms with van der Waals surface area (Å²) in [5, 5.41) is 7.65. The largest absolute Gasteiger partial charge is 0.282 e. The van der Waals surface area contributed by atoms with Crippen molar-refractivity contribution in [2.24, 2.45) is 0 Å². The van der Waals surface area contributed by atoms with E-state index in [0.29, 0.717) is 5.52 Å². The summed E-state index contributed by atoms with van der Waals surface area (Å²) in [5.74, 6) is -0.435. The summed E-state index contributed by atoms with van der Waals surface area (Å²) >= 11 is 5.60. The standard InChI is InChI=1S/C8H6ClFN2/c1-4-5-2-6(9)7(10)3-8(5)12-11-4/h2-3H,1H3,(H,11,12). The molecule has 0 aliphatic carbocycles. The third-order valence-electron chi connectivity index (χ3n) is 1.79. The number of nitrogens with zero attached hydrogens (tertiary/aromatic N) is 1. The van der Waals surface area contributed by atoms with E-state index in [1.807, 2.05) is 6.92 Å². The van der Waals surface area contributed by atoms with Gasteiger partial charge in [-0.05, 0) is 13.0 Å². The minimum atomic E-state index is -0.435. The molecule has 0 aliphatic rings. The van der Waals surface area contributed by atoms with Gasteiger partial charge in [-0.1, -0.05) is 11.6 Å². The van der Waals surface area contributed by atoms with E-state index in [1.54, 1.807) is 6.07 Å². The molecule has 1 aromatic carbocycles. The number of aryl methyl sites for hydroxylation is 1. The van der Waals surface area contributed by atoms with Crippen LogP contribution in [0.3, 0.4) is 0 Å². The van der Waals surface area contributed by atoms with Crippen LogP contribution in [-0.4, -0.2) is 10.2 Å². The molecular formula is C8H6ClFN2. The number of nitrogens with one attached hydrogen (secondary N) is 1. The van der Waals surface area contributed by atoms with Crippen LogP contribution in [0.1, 0.15) is 5.69 Å². The summed E-state index contributed by atoms with van der Waals surface area (Å²) < 4.78 is 12.9. The van der Waals surface area contributed by atoms with Crippen LogP contribution in [0.4, 0.5) is 4.39 Å². The molecule has 0 aliphatic heterocycles. The lowest BCUT2D eigenvalue weighted by molar-refractivity contribution is 0.630. The van der Waals surface area contributed by atoms with Crippen LogP contribution in [0, 0.1) is 12.7 Å². The molecule has 0 unspecified atom stereocenters. The van der Waals surface area contributed by atoms with Gasteiger partial charge in [0.2, 0.25) is 0 Å². The van der Waals surface area contributed by atoms with Crippen molar-refractivity contribution >= 4 is 22.5 Å². The monoisotopic (exact) mass is 184 g/mol. The first-order valence-corrected chi connectivity index (χ1v) is 3.86. The second-order valence-corrected chi connectivity index (χ2v) is 3.04. The lowest BCUT2D eigenvalue weighted by atomic mass is 10.2. The molecule has 0 fully saturated rings. The Morgan fingerprint density at radius 1 is 1.50 bits per heavy atom. The first-order valence-electron chi connectivity index (χ1n) is 3.48. The molecule has 1 aromatic heterocycles. The average molecular weight is 185 g/mol. The zero-order valence-electron chi connectivity index (χ0n) is 6.36. The van der Waals surface area contributed by atoms with Crippen LogP contribution < -0.4 is 0 Å². The van der Waals surface area contributed by atoms with Crippen molar-refractivity contribution in [1.29, 1.82) is 0 Å². The summed E-state index contributed by atoms with van der Waals surface area (Å²) in [6.45, 7) is 1.86. The van der Waals surface area contributed by atoms with E-state index in [-0.39, 0.29) is 5.02 Å². The lowest BCUT2D eigenvalue weighted by Gasteiger charge is -1.93. The summed E-state index contributed by atoms with van der Waals surface area (Å²) in [6.07, 6.45) is 0. The van der Waals surface area contributed by atoms with Gasteiger partial charge in [-0.25, -0.2) is 4.39 Å². The van der Waals surface area contributed by atoms with E-state index in [1.165, 1.54) is 6.07 Å². The maximum absolute atomic E-state index is 12.9. The van der Waals surface area contributed by atoms with Gasteiger partial charge in [-0.2, -0.15) is 5.10 Å². The molecule has 12 heavy (non-hydrogen) atoms. The van der Waals surface area contributed by atoms with Gasteiger partial charge in [0.1, 0.15) is 5.82 Å². The second kappa shape index (κ2) is 2.45. The van der Waals surface area contributed by atoms with Crippen molar-refractivity contribution in [2.45, 2.75) is 6.92 Å². The van der Waals surface area contributed by atoms with Crippen LogP contribution in [-0.2, 0) is 0 Å². The van der Waals surface area contributed by atoms with Crippen LogP contribution in [0.5, 0.6) is 0 Å². The molecule has 0 saturated carbocycles. The molecule has 4 heteroatoms. The van der Waals surface area contributed by atoms with Gasteiger partial charge in [0.05, 0.1) is 10.5 Å². The first-order chi connectivity index (χ1) is 5.68. The summed E-state index contributed by atoms with van der Waals surface area (Å²) in [4.78, 5) is 0. The zero-order chi connectivity index (χ0) is 8.72. The molecule has 0 amide bonds. The fraction of sp³-hybridized carbons (Fsp3) is 0.125. The number of benzene rings is 1. The number of hydrogen-bond donors (Lipinski definition) is 1. The molecule has 0 spiro atoms. The molecule has 0 bridgehead atoms. The quantitative estimate of drug-likeness (QED) is 0.670. The lowest BCUT2D eigenvalue weighted by Crippen LogP contribution is -1.77. The fourth-order valence-corrected chi connectivity index (χ4v) is 1.30. The summed E-state index contributed by atoms with van der Waals surface area (Å²) in [5.41, 5.74) is 1.50. The molecule has 0 radical (unpaired) electrons. The van der Waals surface area contributed by atoms with Crippen LogP contribution in [0.25, 0.3) is 10.9 Å². The average Bonchev–Trinajstić information content (AvgIpc) is 2.35. The molecule has 0 saturated heterocycles. The fourth-order valence-electron chi connectivity index (χ4n) is 1.13. The van der Waals surface area contributed by atoms with Crippen molar-refractivity contribution in [3.05, 3.63) is 28.7 Å². The maximum atomic E-state index is 12.9. The minimum absolute atomic E-state index is 0.131. The Kier molecular flexibility index (Phi) is 1.54. The van der Waals surface area contributed by atoms with Crippen molar-refractivity contribution < 1.29 is 4.39 Å².